The van der Waals surface area contributed by atoms with Crippen LogP contribution in [-0.2, 0) is 11.4 Å². The maximum absolute atomic E-state index is 13.6. The zero-order valence-electron chi connectivity index (χ0n) is 23.0. The molecule has 208 valence electrons. The van der Waals surface area contributed by atoms with Crippen LogP contribution in [-0.4, -0.2) is 10.7 Å². The average molecular weight is 569 g/mol. The molecular weight excluding hydrogens is 540 g/mol. The van der Waals surface area contributed by atoms with Crippen LogP contribution in [0.15, 0.2) is 77.3 Å². The van der Waals surface area contributed by atoms with Crippen molar-refractivity contribution in [2.45, 2.75) is 52.6 Å². The van der Waals surface area contributed by atoms with Gasteiger partial charge in [-0.2, -0.15) is 5.26 Å². The Hall–Kier alpha value is -4.61. The fourth-order valence-corrected chi connectivity index (χ4v) is 5.87. The maximum atomic E-state index is 13.6. The van der Waals surface area contributed by atoms with E-state index in [1.807, 2.05) is 57.2 Å². The number of nitrogens with zero attached hydrogens (tertiary/aromatic N) is 3. The number of nitrogens with two attached hydrogens (primary N) is 1. The zero-order valence-corrected chi connectivity index (χ0v) is 23.8. The largest absolute Gasteiger partial charge is 0.489 e. The van der Waals surface area contributed by atoms with E-state index in [1.54, 1.807) is 11.0 Å². The number of aryl methyl sites for hydroxylation is 2. The molecule has 41 heavy (non-hydrogen) atoms. The molecule has 8 nitrogen and oxygen atoms in total. The Morgan fingerprint density at radius 3 is 2.51 bits per heavy atom. The third kappa shape index (κ3) is 5.17. The fraction of sp³-hybridized carbons (Fsp3) is 0.250. The van der Waals surface area contributed by atoms with Crippen molar-refractivity contribution in [2.24, 2.45) is 5.73 Å². The molecule has 9 heteroatoms. The number of carbonyl (C=O) groups is 1. The first-order valence-corrected chi connectivity index (χ1v) is 13.7. The number of benzene rings is 3. The van der Waals surface area contributed by atoms with Crippen LogP contribution in [0.25, 0.3) is 0 Å². The number of halogens is 1. The highest BCUT2D eigenvalue weighted by Crippen LogP contribution is 2.48. The van der Waals surface area contributed by atoms with E-state index in [2.05, 4.69) is 6.07 Å². The van der Waals surface area contributed by atoms with Gasteiger partial charge in [-0.15, -0.1) is 0 Å². The van der Waals surface area contributed by atoms with Gasteiger partial charge in [0.1, 0.15) is 23.2 Å². The summed E-state index contributed by atoms with van der Waals surface area (Å²) in [5.41, 5.74) is 12.9. The third-order valence-corrected chi connectivity index (χ3v) is 8.04. The number of ether oxygens (including phenoxy) is 1. The summed E-state index contributed by atoms with van der Waals surface area (Å²) < 4.78 is 6.09. The monoisotopic (exact) mass is 568 g/mol. The molecule has 1 atom stereocenters. The van der Waals surface area contributed by atoms with Crippen LogP contribution in [0, 0.1) is 42.2 Å². The highest BCUT2D eigenvalue weighted by atomic mass is 35.5. The lowest BCUT2D eigenvalue weighted by molar-refractivity contribution is -0.384. The number of allylic oxidation sites excluding steroid dienone is 3. The van der Waals surface area contributed by atoms with E-state index in [-0.39, 0.29) is 27.9 Å². The molecule has 3 aromatic carbocycles. The van der Waals surface area contributed by atoms with Crippen molar-refractivity contribution in [3.05, 3.63) is 120 Å². The maximum Gasteiger partial charge on any atom is 0.289 e. The van der Waals surface area contributed by atoms with Crippen molar-refractivity contribution in [3.63, 3.8) is 0 Å². The second kappa shape index (κ2) is 11.1. The number of hydrogen-bond acceptors (Lipinski definition) is 7. The summed E-state index contributed by atoms with van der Waals surface area (Å²) in [5.74, 6) is 0.154. The topological polar surface area (TPSA) is 122 Å². The number of nitro groups is 1. The van der Waals surface area contributed by atoms with Gasteiger partial charge in [0, 0.05) is 23.8 Å². The van der Waals surface area contributed by atoms with Crippen LogP contribution >= 0.6 is 11.6 Å². The summed E-state index contributed by atoms with van der Waals surface area (Å²) in [6.07, 6.45) is 1.48. The molecule has 3 aromatic rings. The van der Waals surface area contributed by atoms with Gasteiger partial charge in [0.2, 0.25) is 0 Å². The van der Waals surface area contributed by atoms with Gasteiger partial charge in [0.15, 0.2) is 5.78 Å². The highest BCUT2D eigenvalue weighted by molar-refractivity contribution is 6.32. The number of ketones is 1. The van der Waals surface area contributed by atoms with Gasteiger partial charge >= 0.3 is 0 Å². The predicted octanol–water partition coefficient (Wildman–Crippen LogP) is 7.06. The van der Waals surface area contributed by atoms with E-state index in [9.17, 15) is 20.2 Å². The van der Waals surface area contributed by atoms with Crippen molar-refractivity contribution in [1.29, 1.82) is 5.26 Å². The number of nitriles is 1. The molecule has 0 radical (unpaired) electrons. The molecule has 2 N–H and O–H groups in total. The van der Waals surface area contributed by atoms with Gasteiger partial charge in [-0.25, -0.2) is 0 Å². The fourth-order valence-electron chi connectivity index (χ4n) is 5.68. The smallest absolute Gasteiger partial charge is 0.289 e. The number of hydrogen-bond donors (Lipinski definition) is 1. The number of anilines is 1. The summed E-state index contributed by atoms with van der Waals surface area (Å²) in [6, 6.07) is 18.5. The molecule has 5 rings (SSSR count). The molecule has 0 fully saturated rings. The molecule has 0 amide bonds. The normalized spacial score (nSPS) is 16.9. The molecule has 1 heterocycles. The van der Waals surface area contributed by atoms with Crippen molar-refractivity contribution in [2.75, 3.05) is 4.90 Å². The Bertz CT molecular complexity index is 1680. The van der Waals surface area contributed by atoms with Crippen LogP contribution in [0.2, 0.25) is 5.02 Å². The Kier molecular flexibility index (Phi) is 7.57. The molecule has 1 aliphatic heterocycles. The number of carbonyl (C=O) groups excluding carboxylic acids is 1. The van der Waals surface area contributed by atoms with Crippen LogP contribution in [0.3, 0.4) is 0 Å². The lowest BCUT2D eigenvalue weighted by Crippen LogP contribution is -2.39. The molecule has 0 saturated heterocycles. The van der Waals surface area contributed by atoms with Crippen LogP contribution in [0.4, 0.5) is 11.4 Å². The SMILES string of the molecule is Cc1ccc(OCc2cc(C)cc(C3C(C#N)=C(N)N(c4ccc(Cl)c([N+](=O)[O-])c4)C4=C3C(=O)CCC4)c2C)cc1. The molecular formula is C32H29ClN4O4. The third-order valence-electron chi connectivity index (χ3n) is 7.72. The number of rotatable bonds is 6. The van der Waals surface area contributed by atoms with Crippen molar-refractivity contribution in [3.8, 4) is 11.8 Å². The van der Waals surface area contributed by atoms with Crippen molar-refractivity contribution in [1.82, 2.24) is 0 Å². The van der Waals surface area contributed by atoms with Crippen LogP contribution in [0.1, 0.15) is 53.0 Å². The first kappa shape index (κ1) is 27.9. The predicted molar refractivity (Wildman–Crippen MR) is 157 cm³/mol. The second-order valence-electron chi connectivity index (χ2n) is 10.4. The number of Topliss-reactive ketones (excluding diaryl/α,β-unsaturated/α-hetero) is 1. The molecule has 0 saturated carbocycles. The van der Waals surface area contributed by atoms with E-state index >= 15 is 0 Å². The molecule has 2 aliphatic rings. The van der Waals surface area contributed by atoms with E-state index in [0.29, 0.717) is 42.8 Å². The minimum absolute atomic E-state index is 0.0126. The zero-order chi connectivity index (χ0) is 29.4. The first-order chi connectivity index (χ1) is 19.6. The quantitative estimate of drug-likeness (QED) is 0.249. The van der Waals surface area contributed by atoms with Crippen molar-refractivity contribution < 1.29 is 14.5 Å². The van der Waals surface area contributed by atoms with E-state index < -0.39 is 10.8 Å². The van der Waals surface area contributed by atoms with Gasteiger partial charge < -0.3 is 10.5 Å². The number of nitro benzene ring substituents is 1. The second-order valence-corrected chi connectivity index (χ2v) is 10.9. The lowest BCUT2D eigenvalue weighted by atomic mass is 9.73. The van der Waals surface area contributed by atoms with Gasteiger partial charge in [-0.3, -0.25) is 19.8 Å². The van der Waals surface area contributed by atoms with E-state index in [0.717, 1.165) is 33.6 Å². The molecule has 0 bridgehead atoms. The Morgan fingerprint density at radius 2 is 1.83 bits per heavy atom. The van der Waals surface area contributed by atoms with Crippen LogP contribution < -0.4 is 15.4 Å². The van der Waals surface area contributed by atoms with E-state index in [4.69, 9.17) is 22.1 Å². The minimum atomic E-state index is -0.667. The van der Waals surface area contributed by atoms with Crippen LogP contribution in [0.5, 0.6) is 5.75 Å². The minimum Gasteiger partial charge on any atom is -0.489 e. The van der Waals surface area contributed by atoms with Gasteiger partial charge in [-0.1, -0.05) is 47.0 Å². The van der Waals surface area contributed by atoms with Gasteiger partial charge in [0.05, 0.1) is 28.2 Å². The molecule has 1 unspecified atom stereocenters. The molecule has 1 aliphatic carbocycles. The summed E-state index contributed by atoms with van der Waals surface area (Å²) in [6.45, 7) is 6.27. The standard InChI is InChI=1S/C32H29ClN4O4/c1-18-7-10-23(11-8-18)41-17-21-13-19(2)14-24(20(21)3)30-25(16-34)32(35)36(27-5-4-6-29(38)31(27)30)22-9-12-26(33)28(15-22)37(39)40/h7-15,30H,4-6,17,35H2,1-3H3. The molecule has 0 spiro atoms. The van der Waals surface area contributed by atoms with E-state index in [1.165, 1.54) is 12.1 Å². The summed E-state index contributed by atoms with van der Waals surface area (Å²) in [4.78, 5) is 26.3. The van der Waals surface area contributed by atoms with Crippen molar-refractivity contribution >= 4 is 28.8 Å². The van der Waals surface area contributed by atoms with Gasteiger partial charge in [-0.05, 0) is 74.6 Å². The Labute approximate surface area is 243 Å². The summed E-state index contributed by atoms with van der Waals surface area (Å²) in [5, 5.41) is 22.0. The Balaban J connectivity index is 1.64. The average Bonchev–Trinajstić information content (AvgIpc) is 2.94. The van der Waals surface area contributed by atoms with Gasteiger partial charge in [0.25, 0.3) is 5.69 Å². The first-order valence-electron chi connectivity index (χ1n) is 13.3. The highest BCUT2D eigenvalue weighted by Gasteiger charge is 2.41. The summed E-state index contributed by atoms with van der Waals surface area (Å²) in [7, 11) is 0. The Morgan fingerprint density at radius 1 is 1.10 bits per heavy atom. The summed E-state index contributed by atoms with van der Waals surface area (Å²) >= 11 is 6.07. The molecule has 0 aromatic heterocycles. The lowest BCUT2D eigenvalue weighted by Gasteiger charge is -2.40.